The van der Waals surface area contributed by atoms with Gasteiger partial charge in [0, 0.05) is 11.9 Å². The Balaban J connectivity index is 1.55. The summed E-state index contributed by atoms with van der Waals surface area (Å²) >= 11 is 0. The summed E-state index contributed by atoms with van der Waals surface area (Å²) in [4.78, 5) is 12.8. The fraction of sp³-hybridized carbons (Fsp3) is 0.261. The second kappa shape index (κ2) is 7.90. The highest BCUT2D eigenvalue weighted by atomic mass is 16.5. The summed E-state index contributed by atoms with van der Waals surface area (Å²) in [7, 11) is 0. The summed E-state index contributed by atoms with van der Waals surface area (Å²) in [6.07, 6.45) is 0.0817. The number of para-hydroxylation sites is 2. The number of aromatic nitrogens is 2. The van der Waals surface area contributed by atoms with E-state index < -0.39 is 6.10 Å². The average Bonchev–Trinajstić information content (AvgIpc) is 2.98. The van der Waals surface area contributed by atoms with Gasteiger partial charge in [-0.15, -0.1) is 0 Å². The fourth-order valence-corrected chi connectivity index (χ4v) is 3.66. The molecule has 0 aliphatic carbocycles. The Labute approximate surface area is 163 Å². The Morgan fingerprint density at radius 2 is 1.61 bits per heavy atom. The van der Waals surface area contributed by atoms with Crippen LogP contribution in [0.4, 0.5) is 0 Å². The second-order valence-corrected chi connectivity index (χ2v) is 6.98. The molecule has 0 amide bonds. The molecule has 1 atom stereocenters. The Morgan fingerprint density at radius 1 is 0.929 bits per heavy atom. The number of fused-ring (bicyclic) bond motifs is 2. The number of ether oxygens (including phenoxy) is 1. The Bertz CT molecular complexity index is 1150. The smallest absolute Gasteiger partial charge is 0.329 e. The molecule has 0 unspecified atom stereocenters. The Morgan fingerprint density at radius 3 is 2.39 bits per heavy atom. The van der Waals surface area contributed by atoms with Crippen LogP contribution < -0.4 is 10.4 Å². The second-order valence-electron chi connectivity index (χ2n) is 6.98. The van der Waals surface area contributed by atoms with Crippen molar-refractivity contribution in [2.24, 2.45) is 0 Å². The maximum Gasteiger partial charge on any atom is 0.329 e. The Kier molecular flexibility index (Phi) is 5.17. The summed E-state index contributed by atoms with van der Waals surface area (Å²) in [6, 6.07) is 21.5. The van der Waals surface area contributed by atoms with E-state index in [0.29, 0.717) is 6.54 Å². The number of aryl methyl sites for hydroxylation is 1. The van der Waals surface area contributed by atoms with Gasteiger partial charge in [0.1, 0.15) is 18.5 Å². The van der Waals surface area contributed by atoms with Gasteiger partial charge in [0.2, 0.25) is 0 Å². The van der Waals surface area contributed by atoms with Crippen molar-refractivity contribution in [3.63, 3.8) is 0 Å². The number of aliphatic hydroxyl groups excluding tert-OH is 1. The SMILES string of the molecule is CCCn1c(=O)n(C[C@@H](O)COc2cccc3ccccc23)c2ccccc21. The summed E-state index contributed by atoms with van der Waals surface area (Å²) in [5.41, 5.74) is 1.65. The van der Waals surface area contributed by atoms with Gasteiger partial charge in [0.25, 0.3) is 0 Å². The lowest BCUT2D eigenvalue weighted by Gasteiger charge is -2.14. The van der Waals surface area contributed by atoms with Gasteiger partial charge in [-0.05, 0) is 30.0 Å². The molecule has 0 saturated heterocycles. The zero-order chi connectivity index (χ0) is 19.5. The summed E-state index contributed by atoms with van der Waals surface area (Å²) in [5, 5.41) is 12.7. The van der Waals surface area contributed by atoms with E-state index in [-0.39, 0.29) is 18.8 Å². The van der Waals surface area contributed by atoms with Crippen LogP contribution in [0.2, 0.25) is 0 Å². The van der Waals surface area contributed by atoms with Crippen LogP contribution in [0.25, 0.3) is 21.8 Å². The number of rotatable bonds is 7. The summed E-state index contributed by atoms with van der Waals surface area (Å²) in [6.45, 7) is 3.02. The first kappa shape index (κ1) is 18.3. The van der Waals surface area contributed by atoms with E-state index in [0.717, 1.165) is 34.0 Å². The molecular formula is C23H24N2O3. The van der Waals surface area contributed by atoms with E-state index in [9.17, 15) is 9.90 Å². The third-order valence-corrected chi connectivity index (χ3v) is 4.95. The summed E-state index contributed by atoms with van der Waals surface area (Å²) in [5.74, 6) is 0.734. The van der Waals surface area contributed by atoms with Crippen molar-refractivity contribution in [3.05, 3.63) is 77.2 Å². The number of hydrogen-bond donors (Lipinski definition) is 1. The first-order valence-corrected chi connectivity index (χ1v) is 9.65. The predicted molar refractivity (Wildman–Crippen MR) is 112 cm³/mol. The third-order valence-electron chi connectivity index (χ3n) is 4.95. The van der Waals surface area contributed by atoms with Crippen LogP contribution in [-0.4, -0.2) is 27.0 Å². The molecule has 0 saturated carbocycles. The minimum absolute atomic E-state index is 0.0905. The largest absolute Gasteiger partial charge is 0.490 e. The van der Waals surface area contributed by atoms with Crippen molar-refractivity contribution in [2.75, 3.05) is 6.61 Å². The third kappa shape index (κ3) is 3.41. The van der Waals surface area contributed by atoms with Gasteiger partial charge in [-0.1, -0.05) is 55.5 Å². The minimum Gasteiger partial charge on any atom is -0.490 e. The van der Waals surface area contributed by atoms with Crippen LogP contribution in [0.1, 0.15) is 13.3 Å². The van der Waals surface area contributed by atoms with Crippen molar-refractivity contribution in [1.29, 1.82) is 0 Å². The van der Waals surface area contributed by atoms with Gasteiger partial charge in [-0.2, -0.15) is 0 Å². The van der Waals surface area contributed by atoms with Crippen LogP contribution in [0.5, 0.6) is 5.75 Å². The molecule has 3 aromatic carbocycles. The monoisotopic (exact) mass is 376 g/mol. The number of nitrogens with zero attached hydrogens (tertiary/aromatic N) is 2. The van der Waals surface area contributed by atoms with Crippen LogP contribution in [0.15, 0.2) is 71.5 Å². The lowest BCUT2D eigenvalue weighted by atomic mass is 10.1. The molecule has 28 heavy (non-hydrogen) atoms. The summed E-state index contributed by atoms with van der Waals surface area (Å²) < 4.78 is 9.30. The van der Waals surface area contributed by atoms with Crippen molar-refractivity contribution < 1.29 is 9.84 Å². The van der Waals surface area contributed by atoms with E-state index in [1.54, 1.807) is 9.13 Å². The molecule has 0 bridgehead atoms. The molecule has 5 heteroatoms. The number of aliphatic hydroxyl groups is 1. The highest BCUT2D eigenvalue weighted by Gasteiger charge is 2.16. The molecule has 4 rings (SSSR count). The van der Waals surface area contributed by atoms with Crippen LogP contribution in [0, 0.1) is 0 Å². The van der Waals surface area contributed by atoms with Crippen molar-refractivity contribution in [2.45, 2.75) is 32.5 Å². The minimum atomic E-state index is -0.794. The first-order chi connectivity index (χ1) is 13.7. The maximum atomic E-state index is 12.8. The first-order valence-electron chi connectivity index (χ1n) is 9.65. The van der Waals surface area contributed by atoms with Crippen molar-refractivity contribution in [1.82, 2.24) is 9.13 Å². The molecule has 1 aromatic heterocycles. The molecule has 0 spiro atoms. The van der Waals surface area contributed by atoms with E-state index in [2.05, 4.69) is 0 Å². The molecule has 1 heterocycles. The zero-order valence-corrected chi connectivity index (χ0v) is 15.9. The average molecular weight is 376 g/mol. The number of imidazole rings is 1. The lowest BCUT2D eigenvalue weighted by molar-refractivity contribution is 0.0932. The van der Waals surface area contributed by atoms with Gasteiger partial charge >= 0.3 is 5.69 Å². The van der Waals surface area contributed by atoms with E-state index >= 15 is 0 Å². The van der Waals surface area contributed by atoms with E-state index in [1.165, 1.54) is 0 Å². The van der Waals surface area contributed by atoms with Gasteiger partial charge < -0.3 is 9.84 Å². The van der Waals surface area contributed by atoms with Gasteiger partial charge in [0.15, 0.2) is 0 Å². The molecule has 0 aliphatic heterocycles. The predicted octanol–water partition coefficient (Wildman–Crippen LogP) is 3.81. The molecule has 1 N–H and O–H groups in total. The molecule has 0 fully saturated rings. The lowest BCUT2D eigenvalue weighted by Crippen LogP contribution is -2.31. The molecular weight excluding hydrogens is 352 g/mol. The zero-order valence-electron chi connectivity index (χ0n) is 15.9. The normalized spacial score (nSPS) is 12.5. The molecule has 0 aliphatic rings. The molecule has 4 aromatic rings. The number of benzene rings is 3. The quantitative estimate of drug-likeness (QED) is 0.534. The van der Waals surface area contributed by atoms with Gasteiger partial charge in [0.05, 0.1) is 17.6 Å². The van der Waals surface area contributed by atoms with Crippen LogP contribution in [0.3, 0.4) is 0 Å². The van der Waals surface area contributed by atoms with Gasteiger partial charge in [-0.3, -0.25) is 9.13 Å². The van der Waals surface area contributed by atoms with Crippen molar-refractivity contribution >= 4 is 21.8 Å². The van der Waals surface area contributed by atoms with Crippen molar-refractivity contribution in [3.8, 4) is 5.75 Å². The molecule has 0 radical (unpaired) electrons. The Hall–Kier alpha value is -3.05. The number of hydrogen-bond acceptors (Lipinski definition) is 3. The fourth-order valence-electron chi connectivity index (χ4n) is 3.66. The topological polar surface area (TPSA) is 56.4 Å². The molecule has 144 valence electrons. The standard InChI is InChI=1S/C23H24N2O3/c1-2-14-24-20-11-5-6-12-21(20)25(23(24)27)15-18(26)16-28-22-13-7-9-17-8-3-4-10-19(17)22/h3-13,18,26H,2,14-16H2,1H3/t18-/m1/s1. The van der Waals surface area contributed by atoms with Crippen LogP contribution >= 0.6 is 0 Å². The van der Waals surface area contributed by atoms with E-state index in [1.807, 2.05) is 73.7 Å². The van der Waals surface area contributed by atoms with Gasteiger partial charge in [-0.25, -0.2) is 4.79 Å². The highest BCUT2D eigenvalue weighted by molar-refractivity contribution is 5.88. The maximum absolute atomic E-state index is 12.8. The van der Waals surface area contributed by atoms with Crippen LogP contribution in [-0.2, 0) is 13.1 Å². The highest BCUT2D eigenvalue weighted by Crippen LogP contribution is 2.25. The van der Waals surface area contributed by atoms with E-state index in [4.69, 9.17) is 4.74 Å². The molecule has 5 nitrogen and oxygen atoms in total.